The van der Waals surface area contributed by atoms with E-state index in [1.54, 1.807) is 18.2 Å². The molecule has 0 saturated heterocycles. The maximum Gasteiger partial charge on any atom is 0.262 e. The Bertz CT molecular complexity index is 708. The summed E-state index contributed by atoms with van der Waals surface area (Å²) < 4.78 is 10.5. The molecule has 0 aliphatic carbocycles. The third kappa shape index (κ3) is 4.59. The first-order chi connectivity index (χ1) is 11.5. The normalized spacial score (nSPS) is 10.3. The van der Waals surface area contributed by atoms with E-state index in [0.717, 1.165) is 0 Å². The Kier molecular flexibility index (Phi) is 5.95. The van der Waals surface area contributed by atoms with Gasteiger partial charge in [-0.1, -0.05) is 26.0 Å². The van der Waals surface area contributed by atoms with Crippen LogP contribution in [0.1, 0.15) is 35.7 Å². The molecular formula is C19H21NO4. The molecule has 5 nitrogen and oxygen atoms in total. The predicted molar refractivity (Wildman–Crippen MR) is 93.0 cm³/mol. The van der Waals surface area contributed by atoms with Crippen molar-refractivity contribution in [2.75, 3.05) is 19.0 Å². The van der Waals surface area contributed by atoms with Gasteiger partial charge in [0.05, 0.1) is 12.7 Å². The third-order valence-electron chi connectivity index (χ3n) is 3.56. The van der Waals surface area contributed by atoms with Gasteiger partial charge < -0.3 is 14.8 Å². The van der Waals surface area contributed by atoms with Crippen LogP contribution < -0.4 is 14.8 Å². The minimum Gasteiger partial charge on any atom is -0.497 e. The van der Waals surface area contributed by atoms with Crippen LogP contribution in [0.3, 0.4) is 0 Å². The van der Waals surface area contributed by atoms with E-state index in [0.29, 0.717) is 35.0 Å². The van der Waals surface area contributed by atoms with Crippen molar-refractivity contribution < 1.29 is 19.1 Å². The summed E-state index contributed by atoms with van der Waals surface area (Å²) in [5.74, 6) is 1.05. The fourth-order valence-corrected chi connectivity index (χ4v) is 2.17. The molecule has 0 aliphatic heterocycles. The fourth-order valence-electron chi connectivity index (χ4n) is 2.17. The average Bonchev–Trinajstić information content (AvgIpc) is 2.60. The van der Waals surface area contributed by atoms with Crippen molar-refractivity contribution in [2.45, 2.75) is 19.8 Å². The second kappa shape index (κ2) is 8.15. The van der Waals surface area contributed by atoms with Gasteiger partial charge in [-0.25, -0.2) is 0 Å². The molecule has 2 rings (SSSR count). The highest BCUT2D eigenvalue weighted by Gasteiger charge is 2.09. The molecule has 0 saturated carbocycles. The Hall–Kier alpha value is -2.82. The van der Waals surface area contributed by atoms with E-state index >= 15 is 0 Å². The molecule has 2 aromatic carbocycles. The molecule has 0 spiro atoms. The number of hydrogen-bond acceptors (Lipinski definition) is 4. The zero-order valence-corrected chi connectivity index (χ0v) is 14.0. The van der Waals surface area contributed by atoms with Crippen LogP contribution in [-0.2, 0) is 4.79 Å². The van der Waals surface area contributed by atoms with Crippen LogP contribution in [0.5, 0.6) is 11.5 Å². The van der Waals surface area contributed by atoms with E-state index in [1.165, 1.54) is 12.7 Å². The quantitative estimate of drug-likeness (QED) is 0.788. The molecule has 5 heteroatoms. The second-order valence-corrected chi connectivity index (χ2v) is 5.64. The molecule has 126 valence electrons. The summed E-state index contributed by atoms with van der Waals surface area (Å²) in [6.07, 6.45) is 0.667. The SMILES string of the molecule is COc1ccc(OCC(=O)Nc2ccc(C(C)C)cc2)c(C=O)c1. The van der Waals surface area contributed by atoms with E-state index < -0.39 is 0 Å². The average molecular weight is 327 g/mol. The molecule has 0 aromatic heterocycles. The Morgan fingerprint density at radius 1 is 1.17 bits per heavy atom. The molecule has 0 unspecified atom stereocenters. The van der Waals surface area contributed by atoms with E-state index in [9.17, 15) is 9.59 Å². The molecule has 0 radical (unpaired) electrons. The highest BCUT2D eigenvalue weighted by atomic mass is 16.5. The van der Waals surface area contributed by atoms with Crippen molar-refractivity contribution in [3.63, 3.8) is 0 Å². The highest BCUT2D eigenvalue weighted by molar-refractivity contribution is 5.92. The van der Waals surface area contributed by atoms with Gasteiger partial charge in [-0.05, 0) is 41.8 Å². The molecule has 24 heavy (non-hydrogen) atoms. The lowest BCUT2D eigenvalue weighted by Crippen LogP contribution is -2.20. The van der Waals surface area contributed by atoms with E-state index in [1.807, 2.05) is 24.3 Å². The smallest absolute Gasteiger partial charge is 0.262 e. The van der Waals surface area contributed by atoms with Gasteiger partial charge in [-0.3, -0.25) is 9.59 Å². The van der Waals surface area contributed by atoms with Crippen molar-refractivity contribution in [3.05, 3.63) is 53.6 Å². The van der Waals surface area contributed by atoms with Crippen LogP contribution in [-0.4, -0.2) is 25.9 Å². The van der Waals surface area contributed by atoms with Crippen molar-refractivity contribution >= 4 is 17.9 Å². The molecular weight excluding hydrogens is 306 g/mol. The summed E-state index contributed by atoms with van der Waals surface area (Å²) in [4.78, 5) is 23.1. The minimum atomic E-state index is -0.292. The Labute approximate surface area is 141 Å². The van der Waals surface area contributed by atoms with E-state index in [-0.39, 0.29) is 12.5 Å². The number of hydrogen-bond donors (Lipinski definition) is 1. The van der Waals surface area contributed by atoms with Gasteiger partial charge in [0.15, 0.2) is 12.9 Å². The topological polar surface area (TPSA) is 64.6 Å². The van der Waals surface area contributed by atoms with Crippen LogP contribution in [0.2, 0.25) is 0 Å². The Morgan fingerprint density at radius 3 is 2.46 bits per heavy atom. The maximum atomic E-state index is 12.0. The number of aldehydes is 1. The van der Waals surface area contributed by atoms with E-state index in [4.69, 9.17) is 9.47 Å². The minimum absolute atomic E-state index is 0.181. The zero-order chi connectivity index (χ0) is 17.5. The van der Waals surface area contributed by atoms with Crippen molar-refractivity contribution in [1.29, 1.82) is 0 Å². The van der Waals surface area contributed by atoms with Crippen LogP contribution in [0, 0.1) is 0 Å². The van der Waals surface area contributed by atoms with E-state index in [2.05, 4.69) is 19.2 Å². The summed E-state index contributed by atoms with van der Waals surface area (Å²) in [6.45, 7) is 4.04. The molecule has 0 fully saturated rings. The lowest BCUT2D eigenvalue weighted by molar-refractivity contribution is -0.118. The molecule has 0 atom stereocenters. The summed E-state index contributed by atoms with van der Waals surface area (Å²) in [7, 11) is 1.52. The van der Waals surface area contributed by atoms with Crippen molar-refractivity contribution in [2.24, 2.45) is 0 Å². The summed E-state index contributed by atoms with van der Waals surface area (Å²) in [5.41, 5.74) is 2.25. The number of ether oxygens (including phenoxy) is 2. The van der Waals surface area contributed by atoms with Gasteiger partial charge >= 0.3 is 0 Å². The molecule has 2 aromatic rings. The standard InChI is InChI=1S/C19H21NO4/c1-13(2)14-4-6-16(7-5-14)20-19(22)12-24-18-9-8-17(23-3)10-15(18)11-21/h4-11,13H,12H2,1-3H3,(H,20,22). The Balaban J connectivity index is 1.94. The monoisotopic (exact) mass is 327 g/mol. The molecule has 1 amide bonds. The lowest BCUT2D eigenvalue weighted by Gasteiger charge is -2.11. The Morgan fingerprint density at radius 2 is 1.88 bits per heavy atom. The van der Waals surface area contributed by atoms with Crippen LogP contribution in [0.4, 0.5) is 5.69 Å². The van der Waals surface area contributed by atoms with Crippen molar-refractivity contribution in [3.8, 4) is 11.5 Å². The molecule has 0 heterocycles. The number of benzene rings is 2. The first-order valence-corrected chi connectivity index (χ1v) is 7.69. The van der Waals surface area contributed by atoms with Crippen LogP contribution in [0.25, 0.3) is 0 Å². The van der Waals surface area contributed by atoms with Gasteiger partial charge in [0.2, 0.25) is 0 Å². The summed E-state index contributed by atoms with van der Waals surface area (Å²) >= 11 is 0. The maximum absolute atomic E-state index is 12.0. The highest BCUT2D eigenvalue weighted by Crippen LogP contribution is 2.22. The number of nitrogens with one attached hydrogen (secondary N) is 1. The third-order valence-corrected chi connectivity index (χ3v) is 3.56. The van der Waals surface area contributed by atoms with Gasteiger partial charge in [0.1, 0.15) is 11.5 Å². The largest absolute Gasteiger partial charge is 0.497 e. The lowest BCUT2D eigenvalue weighted by atomic mass is 10.0. The second-order valence-electron chi connectivity index (χ2n) is 5.64. The molecule has 0 aliphatic rings. The van der Waals surface area contributed by atoms with Gasteiger partial charge in [0.25, 0.3) is 5.91 Å². The first-order valence-electron chi connectivity index (χ1n) is 7.69. The molecule has 0 bridgehead atoms. The van der Waals surface area contributed by atoms with Gasteiger partial charge in [0, 0.05) is 5.69 Å². The molecule has 1 N–H and O–H groups in total. The van der Waals surface area contributed by atoms with Crippen molar-refractivity contribution in [1.82, 2.24) is 0 Å². The number of carbonyl (C=O) groups is 2. The number of methoxy groups -OCH3 is 1. The van der Waals surface area contributed by atoms with Gasteiger partial charge in [-0.15, -0.1) is 0 Å². The fraction of sp³-hybridized carbons (Fsp3) is 0.263. The predicted octanol–water partition coefficient (Wildman–Crippen LogP) is 3.65. The number of amides is 1. The summed E-state index contributed by atoms with van der Waals surface area (Å²) in [6, 6.07) is 12.5. The van der Waals surface area contributed by atoms with Gasteiger partial charge in [-0.2, -0.15) is 0 Å². The number of rotatable bonds is 7. The summed E-state index contributed by atoms with van der Waals surface area (Å²) in [5, 5.41) is 2.76. The number of anilines is 1. The number of carbonyl (C=O) groups excluding carboxylic acids is 2. The first kappa shape index (κ1) is 17.5. The van der Waals surface area contributed by atoms with Crippen LogP contribution in [0.15, 0.2) is 42.5 Å². The zero-order valence-electron chi connectivity index (χ0n) is 14.0. The van der Waals surface area contributed by atoms with Crippen LogP contribution >= 0.6 is 0 Å².